The SMILES string of the molecule is CNC(C1CCCC(C)C1)C1CN2CCN1CC2. The zero-order chi connectivity index (χ0) is 12.5. The van der Waals surface area contributed by atoms with Crippen LogP contribution < -0.4 is 5.32 Å². The highest BCUT2D eigenvalue weighted by Gasteiger charge is 2.39. The average Bonchev–Trinajstić information content (AvgIpc) is 2.41. The summed E-state index contributed by atoms with van der Waals surface area (Å²) in [4.78, 5) is 5.42. The summed E-state index contributed by atoms with van der Waals surface area (Å²) in [7, 11) is 2.18. The van der Waals surface area contributed by atoms with Crippen molar-refractivity contribution in [2.24, 2.45) is 11.8 Å². The lowest BCUT2D eigenvalue weighted by atomic mass is 9.75. The molecule has 4 aliphatic rings. The molecule has 4 atom stereocenters. The van der Waals surface area contributed by atoms with Crippen LogP contribution in [0.2, 0.25) is 0 Å². The van der Waals surface area contributed by atoms with Gasteiger partial charge in [-0.25, -0.2) is 0 Å². The number of rotatable bonds is 3. The molecule has 1 saturated carbocycles. The van der Waals surface area contributed by atoms with E-state index in [2.05, 4.69) is 29.1 Å². The van der Waals surface area contributed by atoms with Gasteiger partial charge in [-0.05, 0) is 31.7 Å². The van der Waals surface area contributed by atoms with Crippen molar-refractivity contribution in [3.8, 4) is 0 Å². The van der Waals surface area contributed by atoms with Gasteiger partial charge in [0.25, 0.3) is 0 Å². The molecule has 4 fully saturated rings. The summed E-state index contributed by atoms with van der Waals surface area (Å²) in [6.07, 6.45) is 5.78. The molecule has 3 heteroatoms. The predicted octanol–water partition coefficient (Wildman–Crippen LogP) is 1.40. The zero-order valence-corrected chi connectivity index (χ0v) is 12.1. The first-order chi connectivity index (χ1) is 8.78. The summed E-state index contributed by atoms with van der Waals surface area (Å²) < 4.78 is 0. The number of fused-ring (bicyclic) bond motifs is 3. The van der Waals surface area contributed by atoms with E-state index in [1.165, 1.54) is 58.4 Å². The molecule has 0 spiro atoms. The lowest BCUT2D eigenvalue weighted by Gasteiger charge is -2.52. The molecule has 0 radical (unpaired) electrons. The van der Waals surface area contributed by atoms with Crippen LogP contribution in [0.3, 0.4) is 0 Å². The van der Waals surface area contributed by atoms with Crippen molar-refractivity contribution in [3.05, 3.63) is 0 Å². The third kappa shape index (κ3) is 2.45. The minimum Gasteiger partial charge on any atom is -0.315 e. The summed E-state index contributed by atoms with van der Waals surface area (Å²) in [5.74, 6) is 1.85. The molecule has 0 amide bonds. The van der Waals surface area contributed by atoms with Gasteiger partial charge in [-0.15, -0.1) is 0 Å². The van der Waals surface area contributed by atoms with Crippen LogP contribution in [0.25, 0.3) is 0 Å². The van der Waals surface area contributed by atoms with Crippen LogP contribution in [0.5, 0.6) is 0 Å². The molecule has 1 aliphatic carbocycles. The molecular formula is C15H29N3. The lowest BCUT2D eigenvalue weighted by molar-refractivity contribution is -0.0168. The van der Waals surface area contributed by atoms with Crippen LogP contribution in [-0.4, -0.2) is 61.7 Å². The standard InChI is InChI=1S/C15H29N3/c1-12-4-3-5-13(10-12)15(16-2)14-11-17-6-8-18(14)9-7-17/h12-16H,3-11H2,1-2H3. The molecule has 1 N–H and O–H groups in total. The van der Waals surface area contributed by atoms with Crippen LogP contribution in [0.4, 0.5) is 0 Å². The van der Waals surface area contributed by atoms with Crippen molar-refractivity contribution in [1.82, 2.24) is 15.1 Å². The molecule has 3 aliphatic heterocycles. The van der Waals surface area contributed by atoms with Crippen molar-refractivity contribution >= 4 is 0 Å². The molecule has 3 saturated heterocycles. The Hall–Kier alpha value is -0.120. The second-order valence-electron chi connectivity index (χ2n) is 6.75. The van der Waals surface area contributed by atoms with Crippen molar-refractivity contribution in [2.75, 3.05) is 39.8 Å². The summed E-state index contributed by atoms with van der Waals surface area (Å²) in [6.45, 7) is 8.93. The maximum absolute atomic E-state index is 3.68. The molecular weight excluding hydrogens is 222 g/mol. The fourth-order valence-corrected chi connectivity index (χ4v) is 4.55. The van der Waals surface area contributed by atoms with E-state index in [1.54, 1.807) is 0 Å². The second kappa shape index (κ2) is 5.48. The summed E-state index contributed by atoms with van der Waals surface area (Å²) in [6, 6.07) is 1.49. The van der Waals surface area contributed by atoms with Gasteiger partial charge in [-0.1, -0.05) is 19.8 Å². The van der Waals surface area contributed by atoms with E-state index in [1.807, 2.05) is 0 Å². The van der Waals surface area contributed by atoms with E-state index in [9.17, 15) is 0 Å². The van der Waals surface area contributed by atoms with Gasteiger partial charge < -0.3 is 5.32 Å². The fourth-order valence-electron chi connectivity index (χ4n) is 4.55. The van der Waals surface area contributed by atoms with E-state index in [0.29, 0.717) is 0 Å². The van der Waals surface area contributed by atoms with Gasteiger partial charge in [0.1, 0.15) is 0 Å². The van der Waals surface area contributed by atoms with E-state index in [0.717, 1.165) is 23.9 Å². The minimum absolute atomic E-state index is 0.718. The number of nitrogens with one attached hydrogen (secondary N) is 1. The van der Waals surface area contributed by atoms with Crippen molar-refractivity contribution in [2.45, 2.75) is 44.7 Å². The van der Waals surface area contributed by atoms with Crippen LogP contribution in [0.1, 0.15) is 32.6 Å². The van der Waals surface area contributed by atoms with E-state index in [-0.39, 0.29) is 0 Å². The smallest absolute Gasteiger partial charge is 0.0380 e. The van der Waals surface area contributed by atoms with Gasteiger partial charge in [0, 0.05) is 44.8 Å². The van der Waals surface area contributed by atoms with Crippen molar-refractivity contribution < 1.29 is 0 Å². The van der Waals surface area contributed by atoms with Gasteiger partial charge in [0.15, 0.2) is 0 Å². The number of nitrogens with zero attached hydrogens (tertiary/aromatic N) is 2. The van der Waals surface area contributed by atoms with Gasteiger partial charge in [-0.2, -0.15) is 0 Å². The Morgan fingerprint density at radius 1 is 1.11 bits per heavy atom. The molecule has 104 valence electrons. The maximum atomic E-state index is 3.68. The highest BCUT2D eigenvalue weighted by Crippen LogP contribution is 2.34. The normalized spacial score (nSPS) is 46.0. The van der Waals surface area contributed by atoms with E-state index < -0.39 is 0 Å². The Morgan fingerprint density at radius 2 is 1.89 bits per heavy atom. The highest BCUT2D eigenvalue weighted by atomic mass is 15.4. The number of hydrogen-bond donors (Lipinski definition) is 1. The van der Waals surface area contributed by atoms with Crippen LogP contribution in [-0.2, 0) is 0 Å². The number of piperazine rings is 3. The largest absolute Gasteiger partial charge is 0.315 e. The fraction of sp³-hybridized carbons (Fsp3) is 1.00. The Bertz CT molecular complexity index is 273. The Labute approximate surface area is 112 Å². The summed E-state index contributed by atoms with van der Waals surface area (Å²) in [5, 5.41) is 3.68. The average molecular weight is 251 g/mol. The first kappa shape index (κ1) is 12.9. The quantitative estimate of drug-likeness (QED) is 0.818. The minimum atomic E-state index is 0.718. The molecule has 4 rings (SSSR count). The van der Waals surface area contributed by atoms with Crippen LogP contribution in [0, 0.1) is 11.8 Å². The van der Waals surface area contributed by atoms with Gasteiger partial charge in [-0.3, -0.25) is 9.80 Å². The number of likely N-dealkylation sites (N-methyl/N-ethyl adjacent to an activating group) is 1. The predicted molar refractivity (Wildman–Crippen MR) is 75.8 cm³/mol. The maximum Gasteiger partial charge on any atom is 0.0380 e. The van der Waals surface area contributed by atoms with Crippen LogP contribution >= 0.6 is 0 Å². The molecule has 2 bridgehead atoms. The third-order valence-corrected chi connectivity index (χ3v) is 5.55. The summed E-state index contributed by atoms with van der Waals surface area (Å²) in [5.41, 5.74) is 0. The van der Waals surface area contributed by atoms with E-state index in [4.69, 9.17) is 0 Å². The highest BCUT2D eigenvalue weighted by molar-refractivity contribution is 4.97. The molecule has 18 heavy (non-hydrogen) atoms. The van der Waals surface area contributed by atoms with E-state index >= 15 is 0 Å². The Kier molecular flexibility index (Phi) is 3.92. The first-order valence-corrected chi connectivity index (χ1v) is 7.91. The number of hydrogen-bond acceptors (Lipinski definition) is 3. The topological polar surface area (TPSA) is 18.5 Å². The molecule has 0 aromatic carbocycles. The van der Waals surface area contributed by atoms with Gasteiger partial charge in [0.2, 0.25) is 0 Å². The third-order valence-electron chi connectivity index (χ3n) is 5.55. The lowest BCUT2D eigenvalue weighted by Crippen LogP contribution is -2.67. The Morgan fingerprint density at radius 3 is 2.44 bits per heavy atom. The molecule has 0 aromatic rings. The molecule has 0 aromatic heterocycles. The van der Waals surface area contributed by atoms with Crippen molar-refractivity contribution in [1.29, 1.82) is 0 Å². The zero-order valence-electron chi connectivity index (χ0n) is 12.1. The Balaban J connectivity index is 1.68. The van der Waals surface area contributed by atoms with Crippen LogP contribution in [0.15, 0.2) is 0 Å². The molecule has 3 heterocycles. The molecule has 3 nitrogen and oxygen atoms in total. The molecule has 4 unspecified atom stereocenters. The van der Waals surface area contributed by atoms with Crippen molar-refractivity contribution in [3.63, 3.8) is 0 Å². The van der Waals surface area contributed by atoms with Gasteiger partial charge in [0.05, 0.1) is 0 Å². The monoisotopic (exact) mass is 251 g/mol. The van der Waals surface area contributed by atoms with Gasteiger partial charge >= 0.3 is 0 Å². The summed E-state index contributed by atoms with van der Waals surface area (Å²) >= 11 is 0. The first-order valence-electron chi connectivity index (χ1n) is 7.91. The second-order valence-corrected chi connectivity index (χ2v) is 6.75.